The molecule has 3 rings (SSSR count). The van der Waals surface area contributed by atoms with Crippen molar-refractivity contribution in [3.05, 3.63) is 93.2 Å². The van der Waals surface area contributed by atoms with Gasteiger partial charge in [0.15, 0.2) is 5.69 Å². The molecule has 7 nitrogen and oxygen atoms in total. The van der Waals surface area contributed by atoms with Crippen LogP contribution in [0.15, 0.2) is 59.4 Å². The third-order valence-electron chi connectivity index (χ3n) is 4.94. The first-order valence-corrected chi connectivity index (χ1v) is 9.92. The van der Waals surface area contributed by atoms with Crippen molar-refractivity contribution in [2.75, 3.05) is 7.11 Å². The molecule has 1 atom stereocenters. The molecular weight excluding hydrogens is 458 g/mol. The van der Waals surface area contributed by atoms with E-state index < -0.39 is 46.6 Å². The summed E-state index contributed by atoms with van der Waals surface area (Å²) in [7, 11) is 1.14. The van der Waals surface area contributed by atoms with Gasteiger partial charge in [-0.05, 0) is 36.8 Å². The fourth-order valence-corrected chi connectivity index (χ4v) is 3.27. The number of methoxy groups -OCH3 is 1. The molecule has 0 spiro atoms. The largest absolute Gasteiger partial charge is 0.469 e. The van der Waals surface area contributed by atoms with Crippen molar-refractivity contribution in [2.24, 2.45) is 0 Å². The molecule has 178 valence electrons. The van der Waals surface area contributed by atoms with Crippen LogP contribution in [0.2, 0.25) is 0 Å². The number of rotatable bonds is 6. The first-order chi connectivity index (χ1) is 16.0. The second-order valence-corrected chi connectivity index (χ2v) is 7.28. The molecule has 1 amide bonds. The van der Waals surface area contributed by atoms with Crippen molar-refractivity contribution in [3.63, 3.8) is 0 Å². The van der Waals surface area contributed by atoms with Crippen LogP contribution in [0.25, 0.3) is 5.69 Å². The minimum absolute atomic E-state index is 0.0721. The van der Waals surface area contributed by atoms with Gasteiger partial charge in [-0.1, -0.05) is 24.3 Å². The van der Waals surface area contributed by atoms with E-state index >= 15 is 0 Å². The molecule has 2 aromatic carbocycles. The van der Waals surface area contributed by atoms with E-state index in [1.165, 1.54) is 31.2 Å². The Hall–Kier alpha value is -4.02. The summed E-state index contributed by atoms with van der Waals surface area (Å²) in [5.41, 5.74) is -2.47. The lowest BCUT2D eigenvalue weighted by atomic mass is 10.0. The Morgan fingerprint density at radius 1 is 1.12 bits per heavy atom. The number of para-hydroxylation sites is 1. The Morgan fingerprint density at radius 3 is 2.38 bits per heavy atom. The van der Waals surface area contributed by atoms with Gasteiger partial charge < -0.3 is 10.1 Å². The maximum absolute atomic E-state index is 13.5. The number of carbonyl (C=O) groups excluding carboxylic acids is 2. The molecule has 34 heavy (non-hydrogen) atoms. The summed E-state index contributed by atoms with van der Waals surface area (Å²) in [6, 6.07) is 9.48. The Kier molecular flexibility index (Phi) is 7.14. The molecular formula is C23H19F4N3O4. The van der Waals surface area contributed by atoms with E-state index in [-0.39, 0.29) is 17.8 Å². The highest BCUT2D eigenvalue weighted by molar-refractivity contribution is 5.92. The summed E-state index contributed by atoms with van der Waals surface area (Å²) in [5, 5.41) is 6.35. The predicted molar refractivity (Wildman–Crippen MR) is 113 cm³/mol. The van der Waals surface area contributed by atoms with E-state index in [0.29, 0.717) is 5.56 Å². The van der Waals surface area contributed by atoms with Gasteiger partial charge >= 0.3 is 12.1 Å². The van der Waals surface area contributed by atoms with E-state index in [4.69, 9.17) is 0 Å². The van der Waals surface area contributed by atoms with Crippen LogP contribution in [0, 0.1) is 12.7 Å². The van der Waals surface area contributed by atoms with Gasteiger partial charge in [0.1, 0.15) is 5.82 Å². The maximum atomic E-state index is 13.5. The zero-order valence-electron chi connectivity index (χ0n) is 18.0. The molecule has 3 aromatic rings. The van der Waals surface area contributed by atoms with Crippen molar-refractivity contribution in [1.82, 2.24) is 15.1 Å². The average Bonchev–Trinajstić information content (AvgIpc) is 2.78. The summed E-state index contributed by atoms with van der Waals surface area (Å²) in [5.74, 6) is -2.26. The first kappa shape index (κ1) is 24.6. The van der Waals surface area contributed by atoms with Crippen molar-refractivity contribution >= 4 is 11.9 Å². The number of alkyl halides is 3. The molecule has 1 aromatic heterocycles. The number of aromatic nitrogens is 2. The predicted octanol–water partition coefficient (Wildman–Crippen LogP) is 3.73. The zero-order valence-corrected chi connectivity index (χ0v) is 18.0. The summed E-state index contributed by atoms with van der Waals surface area (Å²) in [4.78, 5) is 37.2. The van der Waals surface area contributed by atoms with Gasteiger partial charge in [-0.2, -0.15) is 18.3 Å². The zero-order chi connectivity index (χ0) is 25.0. The number of amides is 1. The number of ether oxygens (including phenoxy) is 1. The number of aryl methyl sites for hydroxylation is 1. The van der Waals surface area contributed by atoms with Crippen LogP contribution in [0.3, 0.4) is 0 Å². The van der Waals surface area contributed by atoms with Gasteiger partial charge in [0.25, 0.3) is 5.91 Å². The lowest BCUT2D eigenvalue weighted by Crippen LogP contribution is -2.35. The Morgan fingerprint density at radius 2 is 1.76 bits per heavy atom. The second kappa shape index (κ2) is 9.86. The monoisotopic (exact) mass is 477 g/mol. The van der Waals surface area contributed by atoms with Crippen molar-refractivity contribution in [1.29, 1.82) is 0 Å². The fourth-order valence-electron chi connectivity index (χ4n) is 3.27. The molecule has 0 aliphatic heterocycles. The average molecular weight is 477 g/mol. The number of nitrogens with zero attached hydrogens (tertiary/aromatic N) is 2. The minimum atomic E-state index is -4.70. The number of nitrogens with one attached hydrogen (secondary N) is 1. The SMILES string of the molecule is COC(=O)CC(NC(=O)c1nn(-c2ccccc2C(F)(F)F)c(C)cc1=O)c1ccc(F)cc1. The Balaban J connectivity index is 2.03. The molecule has 1 N–H and O–H groups in total. The van der Waals surface area contributed by atoms with E-state index in [0.717, 1.165) is 42.1 Å². The summed E-state index contributed by atoms with van der Waals surface area (Å²) < 4.78 is 59.3. The third kappa shape index (κ3) is 5.48. The lowest BCUT2D eigenvalue weighted by Gasteiger charge is -2.19. The summed E-state index contributed by atoms with van der Waals surface area (Å²) in [6.45, 7) is 1.38. The highest BCUT2D eigenvalue weighted by atomic mass is 19.4. The van der Waals surface area contributed by atoms with Crippen LogP contribution in [0.4, 0.5) is 17.6 Å². The van der Waals surface area contributed by atoms with Gasteiger partial charge in [-0.3, -0.25) is 14.4 Å². The van der Waals surface area contributed by atoms with E-state index in [1.54, 1.807) is 0 Å². The van der Waals surface area contributed by atoms with Crippen LogP contribution in [-0.2, 0) is 15.7 Å². The molecule has 11 heteroatoms. The van der Waals surface area contributed by atoms with Crippen molar-refractivity contribution in [2.45, 2.75) is 25.6 Å². The molecule has 0 saturated heterocycles. The maximum Gasteiger partial charge on any atom is 0.418 e. The number of benzene rings is 2. The number of halogens is 4. The molecule has 0 saturated carbocycles. The highest BCUT2D eigenvalue weighted by Gasteiger charge is 2.34. The van der Waals surface area contributed by atoms with Crippen molar-refractivity contribution in [3.8, 4) is 5.69 Å². The molecule has 0 aliphatic carbocycles. The minimum Gasteiger partial charge on any atom is -0.469 e. The standard InChI is InChI=1S/C23H19F4N3O4/c1-13-11-19(31)21(29-30(13)18-6-4-3-5-16(18)23(25,26)27)22(33)28-17(12-20(32)34-2)14-7-9-15(24)10-8-14/h3-11,17H,12H2,1-2H3,(H,28,33). The summed E-state index contributed by atoms with van der Waals surface area (Å²) >= 11 is 0. The molecule has 0 bridgehead atoms. The number of hydrogen-bond acceptors (Lipinski definition) is 5. The van der Waals surface area contributed by atoms with E-state index in [1.807, 2.05) is 0 Å². The molecule has 0 fully saturated rings. The molecule has 1 heterocycles. The lowest BCUT2D eigenvalue weighted by molar-refractivity contribution is -0.141. The molecule has 0 aliphatic rings. The quantitative estimate of drug-likeness (QED) is 0.432. The molecule has 1 unspecified atom stereocenters. The first-order valence-electron chi connectivity index (χ1n) is 9.92. The van der Waals surface area contributed by atoms with Crippen molar-refractivity contribution < 1.29 is 31.9 Å². The van der Waals surface area contributed by atoms with E-state index in [9.17, 15) is 31.9 Å². The normalized spacial score (nSPS) is 12.2. The van der Waals surface area contributed by atoms with Crippen LogP contribution < -0.4 is 10.7 Å². The van der Waals surface area contributed by atoms with Gasteiger partial charge in [0.05, 0.1) is 30.8 Å². The van der Waals surface area contributed by atoms with Crippen LogP contribution in [0.1, 0.15) is 39.8 Å². The highest BCUT2D eigenvalue weighted by Crippen LogP contribution is 2.33. The number of carbonyl (C=O) groups is 2. The topological polar surface area (TPSA) is 90.3 Å². The third-order valence-corrected chi connectivity index (χ3v) is 4.94. The molecule has 0 radical (unpaired) electrons. The van der Waals surface area contributed by atoms with Gasteiger partial charge in [-0.15, -0.1) is 0 Å². The second-order valence-electron chi connectivity index (χ2n) is 7.28. The summed E-state index contributed by atoms with van der Waals surface area (Å²) in [6.07, 6.45) is -5.05. The van der Waals surface area contributed by atoms with Gasteiger partial charge in [0.2, 0.25) is 5.43 Å². The number of hydrogen-bond donors (Lipinski definition) is 1. The van der Waals surface area contributed by atoms with Crippen LogP contribution in [0.5, 0.6) is 0 Å². The Labute approximate surface area is 191 Å². The number of esters is 1. The Bertz CT molecular complexity index is 1270. The van der Waals surface area contributed by atoms with Crippen LogP contribution in [-0.4, -0.2) is 28.8 Å². The smallest absolute Gasteiger partial charge is 0.418 e. The van der Waals surface area contributed by atoms with E-state index in [2.05, 4.69) is 15.2 Å². The van der Waals surface area contributed by atoms with Gasteiger partial charge in [0, 0.05) is 11.8 Å². The van der Waals surface area contributed by atoms with Gasteiger partial charge in [-0.25, -0.2) is 9.07 Å². The van der Waals surface area contributed by atoms with Crippen LogP contribution >= 0.6 is 0 Å². The fraction of sp³-hybridized carbons (Fsp3) is 0.217.